The fraction of sp³-hybridized carbons (Fsp3) is 0.296. The van der Waals surface area contributed by atoms with Crippen LogP contribution in [0.2, 0.25) is 0 Å². The van der Waals surface area contributed by atoms with Crippen molar-refractivity contribution < 1.29 is 22.7 Å². The van der Waals surface area contributed by atoms with Crippen molar-refractivity contribution in [3.05, 3.63) is 78.4 Å². The minimum absolute atomic E-state index is 0.173. The predicted molar refractivity (Wildman–Crippen MR) is 136 cm³/mol. The van der Waals surface area contributed by atoms with E-state index in [4.69, 9.17) is 9.47 Å². The van der Waals surface area contributed by atoms with Crippen LogP contribution in [-0.2, 0) is 21.2 Å². The Morgan fingerprint density at radius 1 is 0.914 bits per heavy atom. The SMILES string of the molecule is COc1ccc(S(=O)(=O)N2CCCCC2)cc1CCC(=O)Nc1ccc(Oc2ccccc2)cc1. The largest absolute Gasteiger partial charge is 0.496 e. The maximum atomic E-state index is 13.1. The first kappa shape index (κ1) is 24.8. The lowest BCUT2D eigenvalue weighted by molar-refractivity contribution is -0.116. The van der Waals surface area contributed by atoms with E-state index in [9.17, 15) is 13.2 Å². The number of nitrogens with zero attached hydrogens (tertiary/aromatic N) is 1. The number of rotatable bonds is 9. The van der Waals surface area contributed by atoms with E-state index in [-0.39, 0.29) is 17.2 Å². The smallest absolute Gasteiger partial charge is 0.243 e. The van der Waals surface area contributed by atoms with Gasteiger partial charge < -0.3 is 14.8 Å². The van der Waals surface area contributed by atoms with Gasteiger partial charge in [-0.25, -0.2) is 8.42 Å². The van der Waals surface area contributed by atoms with Crippen LogP contribution in [0.1, 0.15) is 31.2 Å². The number of carbonyl (C=O) groups is 1. The molecule has 1 amide bonds. The monoisotopic (exact) mass is 494 g/mol. The van der Waals surface area contributed by atoms with Crippen molar-refractivity contribution in [2.24, 2.45) is 0 Å². The summed E-state index contributed by atoms with van der Waals surface area (Å²) in [5.74, 6) is 1.80. The molecule has 184 valence electrons. The number of sulfonamides is 1. The van der Waals surface area contributed by atoms with Crippen LogP contribution in [0.3, 0.4) is 0 Å². The topological polar surface area (TPSA) is 84.9 Å². The van der Waals surface area contributed by atoms with Gasteiger partial charge >= 0.3 is 0 Å². The molecule has 0 bridgehead atoms. The highest BCUT2D eigenvalue weighted by Crippen LogP contribution is 2.28. The number of nitrogens with one attached hydrogen (secondary N) is 1. The number of hydrogen-bond acceptors (Lipinski definition) is 5. The van der Waals surface area contributed by atoms with Crippen molar-refractivity contribution >= 4 is 21.6 Å². The number of benzene rings is 3. The molecule has 3 aromatic carbocycles. The van der Waals surface area contributed by atoms with Gasteiger partial charge in [0.05, 0.1) is 12.0 Å². The molecule has 0 aromatic heterocycles. The average Bonchev–Trinajstić information content (AvgIpc) is 2.89. The summed E-state index contributed by atoms with van der Waals surface area (Å²) < 4.78 is 38.8. The molecule has 0 aliphatic carbocycles. The van der Waals surface area contributed by atoms with Crippen molar-refractivity contribution in [3.8, 4) is 17.2 Å². The Hall–Kier alpha value is -3.36. The fourth-order valence-corrected chi connectivity index (χ4v) is 5.64. The van der Waals surface area contributed by atoms with E-state index in [1.54, 1.807) is 46.8 Å². The summed E-state index contributed by atoms with van der Waals surface area (Å²) in [5, 5.41) is 2.88. The Kier molecular flexibility index (Phi) is 8.05. The van der Waals surface area contributed by atoms with Crippen molar-refractivity contribution in [1.82, 2.24) is 4.31 Å². The van der Waals surface area contributed by atoms with E-state index in [0.717, 1.165) is 25.0 Å². The van der Waals surface area contributed by atoms with Gasteiger partial charge in [0.15, 0.2) is 0 Å². The Morgan fingerprint density at radius 3 is 2.29 bits per heavy atom. The van der Waals surface area contributed by atoms with Gasteiger partial charge in [0.25, 0.3) is 0 Å². The van der Waals surface area contributed by atoms with E-state index in [0.29, 0.717) is 42.3 Å². The third kappa shape index (κ3) is 6.41. The molecule has 0 spiro atoms. The third-order valence-electron chi connectivity index (χ3n) is 5.94. The van der Waals surface area contributed by atoms with Crippen LogP contribution in [-0.4, -0.2) is 38.8 Å². The number of ether oxygens (including phenoxy) is 2. The van der Waals surface area contributed by atoms with Gasteiger partial charge in [0.1, 0.15) is 17.2 Å². The quantitative estimate of drug-likeness (QED) is 0.440. The Bertz CT molecular complexity index is 1240. The average molecular weight is 495 g/mol. The van der Waals surface area contributed by atoms with E-state index in [1.807, 2.05) is 30.3 Å². The Balaban J connectivity index is 1.37. The molecule has 1 N–H and O–H groups in total. The van der Waals surface area contributed by atoms with Crippen LogP contribution in [0.4, 0.5) is 5.69 Å². The summed E-state index contributed by atoms with van der Waals surface area (Å²) in [6.07, 6.45) is 3.35. The maximum absolute atomic E-state index is 13.1. The van der Waals surface area contributed by atoms with Crippen LogP contribution in [0.15, 0.2) is 77.7 Å². The molecule has 1 fully saturated rings. The summed E-state index contributed by atoms with van der Waals surface area (Å²) in [7, 11) is -2.02. The van der Waals surface area contributed by atoms with Crippen molar-refractivity contribution in [2.45, 2.75) is 37.0 Å². The number of anilines is 1. The van der Waals surface area contributed by atoms with Crippen molar-refractivity contribution in [2.75, 3.05) is 25.5 Å². The molecule has 4 rings (SSSR count). The van der Waals surface area contributed by atoms with E-state index >= 15 is 0 Å². The number of piperidine rings is 1. The van der Waals surface area contributed by atoms with Crippen LogP contribution in [0, 0.1) is 0 Å². The molecule has 0 atom stereocenters. The molecule has 35 heavy (non-hydrogen) atoms. The zero-order valence-corrected chi connectivity index (χ0v) is 20.6. The first-order valence-corrected chi connectivity index (χ1v) is 13.2. The summed E-state index contributed by atoms with van der Waals surface area (Å²) in [4.78, 5) is 12.8. The first-order valence-electron chi connectivity index (χ1n) is 11.8. The second-order valence-electron chi connectivity index (χ2n) is 8.43. The van der Waals surface area contributed by atoms with Gasteiger partial charge in [-0.05, 0) is 79.4 Å². The van der Waals surface area contributed by atoms with Gasteiger partial charge in [0.2, 0.25) is 15.9 Å². The van der Waals surface area contributed by atoms with E-state index in [1.165, 1.54) is 7.11 Å². The van der Waals surface area contributed by atoms with E-state index < -0.39 is 10.0 Å². The molecule has 1 saturated heterocycles. The third-order valence-corrected chi connectivity index (χ3v) is 7.84. The normalized spacial score (nSPS) is 14.3. The van der Waals surface area contributed by atoms with Gasteiger partial charge in [-0.15, -0.1) is 0 Å². The highest BCUT2D eigenvalue weighted by molar-refractivity contribution is 7.89. The molecule has 7 nitrogen and oxygen atoms in total. The number of methoxy groups -OCH3 is 1. The molecule has 8 heteroatoms. The molecule has 0 radical (unpaired) electrons. The highest BCUT2D eigenvalue weighted by atomic mass is 32.2. The van der Waals surface area contributed by atoms with E-state index in [2.05, 4.69) is 5.32 Å². The predicted octanol–water partition coefficient (Wildman–Crippen LogP) is 5.23. The molecule has 1 aliphatic rings. The second kappa shape index (κ2) is 11.4. The molecule has 0 saturated carbocycles. The maximum Gasteiger partial charge on any atom is 0.243 e. The second-order valence-corrected chi connectivity index (χ2v) is 10.4. The van der Waals surface area contributed by atoms with Crippen LogP contribution >= 0.6 is 0 Å². The van der Waals surface area contributed by atoms with Gasteiger partial charge in [0, 0.05) is 25.2 Å². The fourth-order valence-electron chi connectivity index (χ4n) is 4.07. The Morgan fingerprint density at radius 2 is 1.60 bits per heavy atom. The van der Waals surface area contributed by atoms with Crippen LogP contribution in [0.5, 0.6) is 17.2 Å². The number of carbonyl (C=O) groups excluding carboxylic acids is 1. The van der Waals surface area contributed by atoms with Crippen LogP contribution < -0.4 is 14.8 Å². The minimum atomic E-state index is -3.56. The lowest BCUT2D eigenvalue weighted by Crippen LogP contribution is -2.35. The van der Waals surface area contributed by atoms with Gasteiger partial charge in [-0.2, -0.15) is 4.31 Å². The van der Waals surface area contributed by atoms with Gasteiger partial charge in [-0.1, -0.05) is 24.6 Å². The first-order chi connectivity index (χ1) is 17.0. The Labute approximate surface area is 206 Å². The standard InChI is InChI=1S/C27H30N2O5S/c1-33-26-16-15-25(35(31,32)29-18-6-3-7-19-29)20-21(26)10-17-27(30)28-22-11-13-24(14-12-22)34-23-8-4-2-5-9-23/h2,4-5,8-9,11-16,20H,3,6-7,10,17-19H2,1H3,(H,28,30). The number of amides is 1. The van der Waals surface area contributed by atoms with Crippen molar-refractivity contribution in [1.29, 1.82) is 0 Å². The zero-order valence-electron chi connectivity index (χ0n) is 19.8. The minimum Gasteiger partial charge on any atom is -0.496 e. The van der Waals surface area contributed by atoms with Crippen LogP contribution in [0.25, 0.3) is 0 Å². The number of hydrogen-bond donors (Lipinski definition) is 1. The summed E-state index contributed by atoms with van der Waals surface area (Å²) in [5.41, 5.74) is 1.34. The molecule has 0 unspecified atom stereocenters. The number of aryl methyl sites for hydroxylation is 1. The summed E-state index contributed by atoms with van der Waals surface area (Å²) >= 11 is 0. The molecule has 3 aromatic rings. The number of para-hydroxylation sites is 1. The lowest BCUT2D eigenvalue weighted by Gasteiger charge is -2.26. The highest BCUT2D eigenvalue weighted by Gasteiger charge is 2.26. The lowest BCUT2D eigenvalue weighted by atomic mass is 10.1. The van der Waals surface area contributed by atoms with Gasteiger partial charge in [-0.3, -0.25) is 4.79 Å². The molecule has 1 heterocycles. The molecular weight excluding hydrogens is 464 g/mol. The molecular formula is C27H30N2O5S. The molecule has 1 aliphatic heterocycles. The van der Waals surface area contributed by atoms with Crippen molar-refractivity contribution in [3.63, 3.8) is 0 Å². The zero-order chi connectivity index (χ0) is 24.7. The summed E-state index contributed by atoms with van der Waals surface area (Å²) in [6.45, 7) is 1.09. The summed E-state index contributed by atoms with van der Waals surface area (Å²) in [6, 6.07) is 21.5.